The third-order valence-corrected chi connectivity index (χ3v) is 3.63. The molecule has 96 valence electrons. The number of benzene rings is 1. The van der Waals surface area contributed by atoms with Crippen LogP contribution in [0.3, 0.4) is 0 Å². The molecule has 4 heteroatoms. The molecule has 1 amide bonds. The van der Waals surface area contributed by atoms with Crippen LogP contribution in [-0.4, -0.2) is 36.3 Å². The van der Waals surface area contributed by atoms with Gasteiger partial charge in [-0.05, 0) is 18.4 Å². The largest absolute Gasteiger partial charge is 0.445 e. The summed E-state index contributed by atoms with van der Waals surface area (Å²) in [7, 11) is 0. The van der Waals surface area contributed by atoms with Crippen LogP contribution in [0.2, 0.25) is 0 Å². The molecule has 3 aliphatic rings. The molecule has 3 heterocycles. The molecule has 0 spiro atoms. The maximum atomic E-state index is 12.0. The minimum absolute atomic E-state index is 0.207. The molecule has 2 unspecified atom stereocenters. The van der Waals surface area contributed by atoms with Crippen molar-refractivity contribution < 1.29 is 14.3 Å². The number of morpholine rings is 1. The van der Waals surface area contributed by atoms with Crippen molar-refractivity contribution in [3.05, 3.63) is 35.9 Å². The van der Waals surface area contributed by atoms with Crippen molar-refractivity contribution >= 4 is 6.09 Å². The van der Waals surface area contributed by atoms with Crippen LogP contribution in [0.1, 0.15) is 18.4 Å². The number of piperidine rings is 1. The van der Waals surface area contributed by atoms with Crippen LogP contribution in [0.5, 0.6) is 0 Å². The van der Waals surface area contributed by atoms with E-state index in [2.05, 4.69) is 0 Å². The van der Waals surface area contributed by atoms with Crippen LogP contribution in [0.4, 0.5) is 4.79 Å². The van der Waals surface area contributed by atoms with Crippen molar-refractivity contribution in [1.82, 2.24) is 4.90 Å². The Morgan fingerprint density at radius 1 is 1.33 bits per heavy atom. The molecule has 0 radical (unpaired) electrons. The quantitative estimate of drug-likeness (QED) is 0.804. The van der Waals surface area contributed by atoms with E-state index in [0.29, 0.717) is 19.8 Å². The first-order valence-electron chi connectivity index (χ1n) is 6.42. The summed E-state index contributed by atoms with van der Waals surface area (Å²) >= 11 is 0. The molecule has 3 fully saturated rings. The zero-order valence-electron chi connectivity index (χ0n) is 10.2. The highest BCUT2D eigenvalue weighted by atomic mass is 16.6. The lowest BCUT2D eigenvalue weighted by Gasteiger charge is -2.44. The summed E-state index contributed by atoms with van der Waals surface area (Å²) in [6.07, 6.45) is 2.09. The maximum absolute atomic E-state index is 12.0. The fourth-order valence-corrected chi connectivity index (χ4v) is 2.58. The molecule has 3 aliphatic heterocycles. The Morgan fingerprint density at radius 3 is 2.78 bits per heavy atom. The molecule has 0 aliphatic carbocycles. The lowest BCUT2D eigenvalue weighted by Crippen LogP contribution is -2.56. The summed E-state index contributed by atoms with van der Waals surface area (Å²) in [5.41, 5.74) is 1.02. The van der Waals surface area contributed by atoms with Gasteiger partial charge in [0, 0.05) is 0 Å². The highest BCUT2D eigenvalue weighted by molar-refractivity contribution is 5.68. The molecular weight excluding hydrogens is 230 g/mol. The average molecular weight is 247 g/mol. The van der Waals surface area contributed by atoms with Crippen molar-refractivity contribution in [2.24, 2.45) is 0 Å². The number of carbonyl (C=O) groups excluding carboxylic acids is 1. The van der Waals surface area contributed by atoms with Crippen molar-refractivity contribution in [3.63, 3.8) is 0 Å². The molecule has 0 saturated carbocycles. The zero-order chi connectivity index (χ0) is 12.4. The number of hydrogen-bond acceptors (Lipinski definition) is 3. The lowest BCUT2D eigenvalue weighted by atomic mass is 9.98. The number of amides is 1. The van der Waals surface area contributed by atoms with Crippen molar-refractivity contribution in [1.29, 1.82) is 0 Å². The molecule has 4 nitrogen and oxygen atoms in total. The SMILES string of the molecule is O=C(OCc1ccccc1)N1CC2CCC1CO2. The Labute approximate surface area is 106 Å². The van der Waals surface area contributed by atoms with E-state index in [-0.39, 0.29) is 18.2 Å². The second-order valence-electron chi connectivity index (χ2n) is 4.88. The Kier molecular flexibility index (Phi) is 3.19. The van der Waals surface area contributed by atoms with Gasteiger partial charge < -0.3 is 14.4 Å². The summed E-state index contributed by atoms with van der Waals surface area (Å²) < 4.78 is 10.9. The molecule has 0 N–H and O–H groups in total. The Bertz CT molecular complexity index is 412. The fraction of sp³-hybridized carbons (Fsp3) is 0.500. The minimum atomic E-state index is -0.211. The third-order valence-electron chi connectivity index (χ3n) is 3.63. The highest BCUT2D eigenvalue weighted by Gasteiger charge is 2.37. The van der Waals surface area contributed by atoms with Gasteiger partial charge in [0.1, 0.15) is 6.61 Å². The molecule has 2 atom stereocenters. The number of carbonyl (C=O) groups is 1. The van der Waals surface area contributed by atoms with Crippen LogP contribution in [-0.2, 0) is 16.1 Å². The Hall–Kier alpha value is -1.55. The van der Waals surface area contributed by atoms with E-state index in [4.69, 9.17) is 9.47 Å². The Morgan fingerprint density at radius 2 is 2.17 bits per heavy atom. The van der Waals surface area contributed by atoms with E-state index in [1.54, 1.807) is 0 Å². The first-order chi connectivity index (χ1) is 8.83. The number of rotatable bonds is 2. The number of hydrogen-bond donors (Lipinski definition) is 0. The van der Waals surface area contributed by atoms with Gasteiger partial charge in [-0.2, -0.15) is 0 Å². The van der Waals surface area contributed by atoms with Gasteiger partial charge in [-0.1, -0.05) is 30.3 Å². The van der Waals surface area contributed by atoms with Crippen LogP contribution in [0.25, 0.3) is 0 Å². The summed E-state index contributed by atoms with van der Waals surface area (Å²) in [6.45, 7) is 1.68. The van der Waals surface area contributed by atoms with Gasteiger partial charge >= 0.3 is 6.09 Å². The molecule has 2 bridgehead atoms. The smallest absolute Gasteiger partial charge is 0.410 e. The van der Waals surface area contributed by atoms with Gasteiger partial charge in [0.05, 0.1) is 25.3 Å². The van der Waals surface area contributed by atoms with Gasteiger partial charge in [0.2, 0.25) is 0 Å². The van der Waals surface area contributed by atoms with E-state index in [0.717, 1.165) is 18.4 Å². The van der Waals surface area contributed by atoms with Crippen LogP contribution in [0, 0.1) is 0 Å². The van der Waals surface area contributed by atoms with Crippen LogP contribution >= 0.6 is 0 Å². The van der Waals surface area contributed by atoms with Crippen LogP contribution < -0.4 is 0 Å². The number of nitrogens with zero attached hydrogens (tertiary/aromatic N) is 1. The van der Waals surface area contributed by atoms with Crippen molar-refractivity contribution in [2.75, 3.05) is 13.2 Å². The van der Waals surface area contributed by atoms with Gasteiger partial charge in [-0.25, -0.2) is 4.79 Å². The normalized spacial score (nSPS) is 26.1. The summed E-state index contributed by atoms with van der Waals surface area (Å²) in [4.78, 5) is 13.8. The molecule has 1 aromatic carbocycles. The Balaban J connectivity index is 1.56. The van der Waals surface area contributed by atoms with Gasteiger partial charge in [-0.3, -0.25) is 0 Å². The molecular formula is C14H17NO3. The molecule has 4 rings (SSSR count). The van der Waals surface area contributed by atoms with Gasteiger partial charge in [0.25, 0.3) is 0 Å². The molecule has 18 heavy (non-hydrogen) atoms. The second-order valence-corrected chi connectivity index (χ2v) is 4.88. The predicted octanol–water partition coefficient (Wildman–Crippen LogP) is 2.19. The summed E-state index contributed by atoms with van der Waals surface area (Å²) in [5.74, 6) is 0. The maximum Gasteiger partial charge on any atom is 0.410 e. The fourth-order valence-electron chi connectivity index (χ4n) is 2.58. The number of fused-ring (bicyclic) bond motifs is 3. The number of ether oxygens (including phenoxy) is 2. The van der Waals surface area contributed by atoms with Gasteiger partial charge in [0.15, 0.2) is 0 Å². The first kappa shape index (κ1) is 11.5. The third kappa shape index (κ3) is 2.34. The van der Waals surface area contributed by atoms with E-state index in [9.17, 15) is 4.79 Å². The minimum Gasteiger partial charge on any atom is -0.445 e. The highest BCUT2D eigenvalue weighted by Crippen LogP contribution is 2.26. The van der Waals surface area contributed by atoms with E-state index in [1.807, 2.05) is 35.2 Å². The molecule has 1 aromatic rings. The van der Waals surface area contributed by atoms with Gasteiger partial charge in [-0.15, -0.1) is 0 Å². The van der Waals surface area contributed by atoms with E-state index < -0.39 is 0 Å². The van der Waals surface area contributed by atoms with Crippen molar-refractivity contribution in [2.45, 2.75) is 31.6 Å². The van der Waals surface area contributed by atoms with Crippen molar-refractivity contribution in [3.8, 4) is 0 Å². The lowest BCUT2D eigenvalue weighted by molar-refractivity contribution is -0.0982. The molecule has 0 aromatic heterocycles. The average Bonchev–Trinajstić information content (AvgIpc) is 2.47. The standard InChI is InChI=1S/C14H17NO3/c16-14(18-9-11-4-2-1-3-5-11)15-8-13-7-6-12(15)10-17-13/h1-5,12-13H,6-10H2. The molecule has 3 saturated heterocycles. The van der Waals surface area contributed by atoms with E-state index in [1.165, 1.54) is 0 Å². The summed E-state index contributed by atoms with van der Waals surface area (Å²) in [6, 6.07) is 9.96. The monoisotopic (exact) mass is 247 g/mol. The van der Waals surface area contributed by atoms with Crippen LogP contribution in [0.15, 0.2) is 30.3 Å². The predicted molar refractivity (Wildman–Crippen MR) is 66.1 cm³/mol. The van der Waals surface area contributed by atoms with E-state index >= 15 is 0 Å². The zero-order valence-corrected chi connectivity index (χ0v) is 10.2. The topological polar surface area (TPSA) is 38.8 Å². The first-order valence-corrected chi connectivity index (χ1v) is 6.42. The summed E-state index contributed by atoms with van der Waals surface area (Å²) in [5, 5.41) is 0. The second kappa shape index (κ2) is 4.98.